The lowest BCUT2D eigenvalue weighted by Gasteiger charge is -2.05. The maximum atomic E-state index is 7.23. The second-order valence-electron chi connectivity index (χ2n) is 3.18. The van der Waals surface area contributed by atoms with Gasteiger partial charge in [-0.15, -0.1) is 12.4 Å². The Bertz CT molecular complexity index is 316. The third-order valence-corrected chi connectivity index (χ3v) is 2.52. The van der Waals surface area contributed by atoms with Gasteiger partial charge in [0.25, 0.3) is 0 Å². The number of halogens is 2. The number of hydrogen-bond donors (Lipinski definition) is 2. The fourth-order valence-electron chi connectivity index (χ4n) is 1.12. The number of benzene rings is 1. The highest BCUT2D eigenvalue weighted by atomic mass is 79.9. The normalized spacial score (nSPS) is 9.31. The molecule has 0 fully saturated rings. The molecule has 0 spiro atoms. The van der Waals surface area contributed by atoms with Gasteiger partial charge in [0.1, 0.15) is 11.6 Å². The molecule has 0 aromatic heterocycles. The van der Waals surface area contributed by atoms with Crippen LogP contribution in [0.5, 0.6) is 5.75 Å². The summed E-state index contributed by atoms with van der Waals surface area (Å²) in [6, 6.07) is 7.26. The summed E-state index contributed by atoms with van der Waals surface area (Å²) in [5.74, 6) is 0.912. The van der Waals surface area contributed by atoms with Crippen molar-refractivity contribution < 1.29 is 4.74 Å². The van der Waals surface area contributed by atoms with Crippen molar-refractivity contribution in [2.24, 2.45) is 5.73 Å². The highest BCUT2D eigenvalue weighted by molar-refractivity contribution is 9.09. The first-order chi connectivity index (χ1) is 7.24. The van der Waals surface area contributed by atoms with Gasteiger partial charge in [-0.3, -0.25) is 5.41 Å². The van der Waals surface area contributed by atoms with E-state index in [2.05, 4.69) is 15.9 Å². The van der Waals surface area contributed by atoms with E-state index in [0.29, 0.717) is 0 Å². The third-order valence-electron chi connectivity index (χ3n) is 1.96. The zero-order valence-corrected chi connectivity index (χ0v) is 11.3. The van der Waals surface area contributed by atoms with E-state index in [0.717, 1.165) is 36.1 Å². The van der Waals surface area contributed by atoms with Crippen molar-refractivity contribution in [3.8, 4) is 5.75 Å². The van der Waals surface area contributed by atoms with Gasteiger partial charge >= 0.3 is 0 Å². The predicted octanol–water partition coefficient (Wildman–Crippen LogP) is 2.95. The molecule has 0 saturated heterocycles. The number of alkyl halides is 1. The van der Waals surface area contributed by atoms with Crippen molar-refractivity contribution >= 4 is 34.2 Å². The number of hydrogen-bond acceptors (Lipinski definition) is 2. The van der Waals surface area contributed by atoms with Gasteiger partial charge in [-0.1, -0.05) is 15.9 Å². The summed E-state index contributed by atoms with van der Waals surface area (Å²) in [5.41, 5.74) is 6.07. The summed E-state index contributed by atoms with van der Waals surface area (Å²) >= 11 is 3.37. The summed E-state index contributed by atoms with van der Waals surface area (Å²) in [6.45, 7) is 0.727. The molecular formula is C11H16BrClN2O. The van der Waals surface area contributed by atoms with Gasteiger partial charge in [-0.25, -0.2) is 0 Å². The lowest BCUT2D eigenvalue weighted by atomic mass is 10.2. The Morgan fingerprint density at radius 1 is 1.25 bits per heavy atom. The van der Waals surface area contributed by atoms with Crippen LogP contribution >= 0.6 is 28.3 Å². The van der Waals surface area contributed by atoms with E-state index < -0.39 is 0 Å². The molecule has 90 valence electrons. The van der Waals surface area contributed by atoms with Crippen molar-refractivity contribution in [3.63, 3.8) is 0 Å². The van der Waals surface area contributed by atoms with Crippen LogP contribution in [-0.4, -0.2) is 17.8 Å². The number of rotatable bonds is 6. The minimum Gasteiger partial charge on any atom is -0.494 e. The van der Waals surface area contributed by atoms with E-state index in [1.165, 1.54) is 0 Å². The number of nitrogens with two attached hydrogens (primary N) is 1. The van der Waals surface area contributed by atoms with Crippen LogP contribution in [0.1, 0.15) is 18.4 Å². The minimum atomic E-state index is 0. The van der Waals surface area contributed by atoms with Gasteiger partial charge in [-0.2, -0.15) is 0 Å². The van der Waals surface area contributed by atoms with E-state index in [9.17, 15) is 0 Å². The van der Waals surface area contributed by atoms with Crippen molar-refractivity contribution in [2.75, 3.05) is 11.9 Å². The van der Waals surface area contributed by atoms with Gasteiger partial charge < -0.3 is 10.5 Å². The van der Waals surface area contributed by atoms with E-state index in [1.54, 1.807) is 12.1 Å². The molecule has 0 atom stereocenters. The average molecular weight is 308 g/mol. The van der Waals surface area contributed by atoms with Gasteiger partial charge in [0.05, 0.1) is 6.61 Å². The maximum Gasteiger partial charge on any atom is 0.122 e. The van der Waals surface area contributed by atoms with Crippen molar-refractivity contribution in [3.05, 3.63) is 29.8 Å². The summed E-state index contributed by atoms with van der Waals surface area (Å²) < 4.78 is 5.51. The Morgan fingerprint density at radius 2 is 1.88 bits per heavy atom. The van der Waals surface area contributed by atoms with Crippen LogP contribution in [-0.2, 0) is 0 Å². The quantitative estimate of drug-likeness (QED) is 0.367. The molecule has 0 unspecified atom stereocenters. The first-order valence-electron chi connectivity index (χ1n) is 4.87. The second kappa shape index (κ2) is 8.42. The molecule has 1 aromatic rings. The first kappa shape index (κ1) is 15.3. The number of nitrogen functional groups attached to an aromatic ring is 1. The highest BCUT2D eigenvalue weighted by Gasteiger charge is 1.97. The van der Waals surface area contributed by atoms with Crippen LogP contribution in [0.4, 0.5) is 0 Å². The summed E-state index contributed by atoms with van der Waals surface area (Å²) in [5, 5.41) is 8.24. The average Bonchev–Trinajstić information content (AvgIpc) is 2.25. The van der Waals surface area contributed by atoms with E-state index >= 15 is 0 Å². The zero-order chi connectivity index (χ0) is 11.1. The van der Waals surface area contributed by atoms with Crippen LogP contribution in [0.15, 0.2) is 24.3 Å². The van der Waals surface area contributed by atoms with Crippen molar-refractivity contribution in [1.29, 1.82) is 5.41 Å². The number of nitrogens with one attached hydrogen (secondary N) is 1. The molecule has 0 aliphatic heterocycles. The van der Waals surface area contributed by atoms with Crippen LogP contribution in [0.2, 0.25) is 0 Å². The first-order valence-corrected chi connectivity index (χ1v) is 5.99. The van der Waals surface area contributed by atoms with Crippen LogP contribution < -0.4 is 10.5 Å². The van der Waals surface area contributed by atoms with E-state index in [1.807, 2.05) is 12.1 Å². The minimum absolute atomic E-state index is 0. The summed E-state index contributed by atoms with van der Waals surface area (Å²) in [7, 11) is 0. The molecule has 3 nitrogen and oxygen atoms in total. The third kappa shape index (κ3) is 5.37. The fraction of sp³-hybridized carbons (Fsp3) is 0.364. The van der Waals surface area contributed by atoms with Gasteiger partial charge in [0.15, 0.2) is 0 Å². The lowest BCUT2D eigenvalue weighted by molar-refractivity contribution is 0.310. The molecule has 1 rings (SSSR count). The van der Waals surface area contributed by atoms with Crippen molar-refractivity contribution in [2.45, 2.75) is 12.8 Å². The molecule has 0 heterocycles. The second-order valence-corrected chi connectivity index (χ2v) is 3.98. The van der Waals surface area contributed by atoms with E-state index in [-0.39, 0.29) is 18.2 Å². The number of amidine groups is 1. The SMILES string of the molecule is Cl.N=C(N)c1ccc(OCCCCBr)cc1. The molecule has 0 aliphatic rings. The summed E-state index contributed by atoms with van der Waals surface area (Å²) in [4.78, 5) is 0. The van der Waals surface area contributed by atoms with Gasteiger partial charge in [-0.05, 0) is 37.1 Å². The smallest absolute Gasteiger partial charge is 0.122 e. The molecule has 3 N–H and O–H groups in total. The lowest BCUT2D eigenvalue weighted by Crippen LogP contribution is -2.10. The molecule has 0 radical (unpaired) electrons. The van der Waals surface area contributed by atoms with E-state index in [4.69, 9.17) is 15.9 Å². The molecule has 16 heavy (non-hydrogen) atoms. The number of unbranched alkanes of at least 4 members (excludes halogenated alkanes) is 1. The molecule has 0 bridgehead atoms. The Balaban J connectivity index is 0.00000225. The molecule has 0 aliphatic carbocycles. The molecule has 0 saturated carbocycles. The van der Waals surface area contributed by atoms with Crippen LogP contribution in [0.25, 0.3) is 0 Å². The molecule has 0 amide bonds. The molecule has 5 heteroatoms. The van der Waals surface area contributed by atoms with Gasteiger partial charge in [0, 0.05) is 10.9 Å². The predicted molar refractivity (Wildman–Crippen MR) is 73.2 cm³/mol. The number of ether oxygens (including phenoxy) is 1. The van der Waals surface area contributed by atoms with Gasteiger partial charge in [0.2, 0.25) is 0 Å². The highest BCUT2D eigenvalue weighted by Crippen LogP contribution is 2.12. The topological polar surface area (TPSA) is 59.1 Å². The maximum absolute atomic E-state index is 7.23. The Labute approximate surface area is 110 Å². The fourth-order valence-corrected chi connectivity index (χ4v) is 1.51. The summed E-state index contributed by atoms with van der Waals surface area (Å²) in [6.07, 6.45) is 2.16. The Morgan fingerprint density at radius 3 is 2.38 bits per heavy atom. The standard InChI is InChI=1S/C11H15BrN2O.ClH/c12-7-1-2-8-15-10-5-3-9(4-6-10)11(13)14;/h3-6H,1-2,7-8H2,(H3,13,14);1H. The Hall–Kier alpha value is -0.740. The monoisotopic (exact) mass is 306 g/mol. The molecular weight excluding hydrogens is 291 g/mol. The largest absolute Gasteiger partial charge is 0.494 e. The van der Waals surface area contributed by atoms with Crippen LogP contribution in [0.3, 0.4) is 0 Å². The zero-order valence-electron chi connectivity index (χ0n) is 8.91. The van der Waals surface area contributed by atoms with Crippen LogP contribution in [0, 0.1) is 5.41 Å². The molecule has 1 aromatic carbocycles. The van der Waals surface area contributed by atoms with Crippen molar-refractivity contribution in [1.82, 2.24) is 0 Å². The Kier molecular flexibility index (Phi) is 8.03.